The van der Waals surface area contributed by atoms with E-state index in [2.05, 4.69) is 44.4 Å². The maximum Gasteiger partial charge on any atom is 0.435 e. The molecular weight excluding hydrogens is 822 g/mol. The van der Waals surface area contributed by atoms with Crippen LogP contribution in [0.3, 0.4) is 0 Å². The number of para-hydroxylation sites is 1. The van der Waals surface area contributed by atoms with E-state index in [1.807, 2.05) is 4.90 Å². The van der Waals surface area contributed by atoms with Gasteiger partial charge in [0.25, 0.3) is 5.92 Å². The van der Waals surface area contributed by atoms with E-state index >= 15 is 8.78 Å². The molecule has 0 bridgehead atoms. The molecule has 7 rings (SSSR count). The average molecular weight is 857 g/mol. The van der Waals surface area contributed by atoms with Crippen LogP contribution < -0.4 is 10.0 Å². The van der Waals surface area contributed by atoms with Gasteiger partial charge in [-0.05, 0) is 61.4 Å². The second kappa shape index (κ2) is 15.2. The summed E-state index contributed by atoms with van der Waals surface area (Å²) in [7, 11) is -0.475. The first-order chi connectivity index (χ1) is 28.0. The average Bonchev–Trinajstić information content (AvgIpc) is 3.74. The molecule has 0 radical (unpaired) electrons. The Morgan fingerprint density at radius 2 is 1.78 bits per heavy atom. The Kier molecular flexibility index (Phi) is 10.7. The van der Waals surface area contributed by atoms with Crippen LogP contribution >= 0.6 is 0 Å². The number of fused-ring (bicyclic) bond motifs is 2. The Morgan fingerprint density at radius 3 is 2.42 bits per heavy atom. The van der Waals surface area contributed by atoms with Gasteiger partial charge in [-0.3, -0.25) is 23.8 Å². The number of nitrogens with zero attached hydrogens (tertiary/aromatic N) is 6. The summed E-state index contributed by atoms with van der Waals surface area (Å²) >= 11 is 0. The summed E-state index contributed by atoms with van der Waals surface area (Å²) in [6.07, 6.45) is -4.70. The zero-order chi connectivity index (χ0) is 43.5. The van der Waals surface area contributed by atoms with Gasteiger partial charge in [-0.2, -0.15) is 32.1 Å². The number of aryl methyl sites for hydroxylation is 1. The van der Waals surface area contributed by atoms with Crippen LogP contribution in [0, 0.1) is 23.5 Å². The summed E-state index contributed by atoms with van der Waals surface area (Å²) in [5.74, 6) is -2.76. The number of nitrogens with one attached hydrogen (secondary N) is 2. The summed E-state index contributed by atoms with van der Waals surface area (Å²) in [6, 6.07) is 9.09. The molecule has 314 valence electrons. The molecule has 1 fully saturated rings. The fraction of sp³-hybridized carbons (Fsp3) is 0.325. The SMILES string of the molecule is C=C=C[C@H]1CC(F)(F)c2c1c(C(F)(F)F)nn2CC(=O)N[C@@H](Cc1cc(F)cc(F)c1)c1nc(C#CC2(O)CN(C)C2)ccc1-c1cccc2c(NS(C)(=O)=O)nn(C)c12. The zero-order valence-corrected chi connectivity index (χ0v) is 32.8. The van der Waals surface area contributed by atoms with Crippen molar-refractivity contribution in [3.05, 3.63) is 112 Å². The van der Waals surface area contributed by atoms with E-state index in [9.17, 15) is 40.3 Å². The van der Waals surface area contributed by atoms with E-state index in [4.69, 9.17) is 4.98 Å². The van der Waals surface area contributed by atoms with E-state index in [1.54, 1.807) is 38.4 Å². The predicted molar refractivity (Wildman–Crippen MR) is 205 cm³/mol. The monoisotopic (exact) mass is 856 g/mol. The third kappa shape index (κ3) is 8.52. The first kappa shape index (κ1) is 42.1. The van der Waals surface area contributed by atoms with E-state index < -0.39 is 93.6 Å². The summed E-state index contributed by atoms with van der Waals surface area (Å²) < 4.78 is 131. The summed E-state index contributed by atoms with van der Waals surface area (Å²) in [4.78, 5) is 20.6. The molecule has 20 heteroatoms. The predicted octanol–water partition coefficient (Wildman–Crippen LogP) is 5.55. The van der Waals surface area contributed by atoms with Gasteiger partial charge in [0.2, 0.25) is 15.9 Å². The van der Waals surface area contributed by atoms with Gasteiger partial charge < -0.3 is 10.4 Å². The molecule has 4 heterocycles. The van der Waals surface area contributed by atoms with Crippen LogP contribution in [0.15, 0.2) is 66.9 Å². The highest BCUT2D eigenvalue weighted by molar-refractivity contribution is 7.92. The molecule has 0 saturated carbocycles. The van der Waals surface area contributed by atoms with Gasteiger partial charge in [0.1, 0.15) is 29.6 Å². The number of aromatic nitrogens is 5. The Bertz CT molecular complexity index is 2760. The number of β-amino-alcohol motifs (C(OH)–C–C–N with tert-alkyl or cyclic N) is 1. The summed E-state index contributed by atoms with van der Waals surface area (Å²) in [6.45, 7) is 2.63. The van der Waals surface area contributed by atoms with Crippen molar-refractivity contribution < 1.29 is 49.1 Å². The van der Waals surface area contributed by atoms with Gasteiger partial charge in [0.05, 0.1) is 23.5 Å². The van der Waals surface area contributed by atoms with Crippen molar-refractivity contribution in [3.63, 3.8) is 0 Å². The number of likely N-dealkylation sites (N-methyl/N-ethyl adjacent to an activating group) is 1. The minimum Gasteiger partial charge on any atom is -0.375 e. The molecule has 1 aliphatic heterocycles. The van der Waals surface area contributed by atoms with E-state index in [-0.39, 0.29) is 41.4 Å². The maximum absolute atomic E-state index is 15.5. The first-order valence-corrected chi connectivity index (χ1v) is 20.0. The highest BCUT2D eigenvalue weighted by Gasteiger charge is 2.54. The molecule has 12 nitrogen and oxygen atoms in total. The number of sulfonamides is 1. The quantitative estimate of drug-likeness (QED) is 0.0943. The second-order valence-corrected chi connectivity index (χ2v) is 16.6. The summed E-state index contributed by atoms with van der Waals surface area (Å²) in [5, 5.41) is 21.6. The largest absolute Gasteiger partial charge is 0.435 e. The van der Waals surface area contributed by atoms with Crippen molar-refractivity contribution in [3.8, 4) is 23.0 Å². The number of halogens is 7. The van der Waals surface area contributed by atoms with Crippen LogP contribution in [0.2, 0.25) is 0 Å². The van der Waals surface area contributed by atoms with Gasteiger partial charge in [-0.15, -0.1) is 5.73 Å². The smallest absolute Gasteiger partial charge is 0.375 e. The topological polar surface area (TPSA) is 147 Å². The molecule has 0 spiro atoms. The lowest BCUT2D eigenvalue weighted by Gasteiger charge is -2.40. The standard InChI is InChI=1S/C40H35F7N8O4S/c1-5-7-23-18-39(43,44)36-32(23)35(40(45,46)47)50-55(36)19-31(56)49-30(16-22-14-24(41)17-25(42)15-22)33-27(11-10-26(48-33)12-13-38(57)20-53(2)21-38)28-8-6-9-29-34(28)54(3)51-37(29)52-60(4,58)59/h6-11,14-15,17,23,30,57H,1,16,18-21H2,2-4H3,(H,49,56)(H,51,52)/t23-,30-/m0/s1. The number of benzene rings is 2. The fourth-order valence-electron chi connectivity index (χ4n) is 7.80. The van der Waals surface area contributed by atoms with Crippen molar-refractivity contribution in [2.45, 2.75) is 49.0 Å². The maximum atomic E-state index is 15.5. The van der Waals surface area contributed by atoms with Crippen molar-refractivity contribution in [2.75, 3.05) is 31.1 Å². The third-order valence-corrected chi connectivity index (χ3v) is 10.5. The number of amides is 1. The van der Waals surface area contributed by atoms with E-state index in [1.165, 1.54) is 10.7 Å². The number of hydrogen-bond donors (Lipinski definition) is 3. The molecule has 1 saturated heterocycles. The van der Waals surface area contributed by atoms with Crippen LogP contribution in [-0.4, -0.2) is 80.9 Å². The minimum atomic E-state index is -5.17. The number of carbonyl (C=O) groups is 1. The lowest BCUT2D eigenvalue weighted by atomic mass is 9.93. The Morgan fingerprint density at radius 1 is 1.08 bits per heavy atom. The molecule has 3 aromatic heterocycles. The number of likely N-dealkylation sites (tertiary alicyclic amines) is 1. The van der Waals surface area contributed by atoms with E-state index in [0.29, 0.717) is 27.2 Å². The summed E-state index contributed by atoms with van der Waals surface area (Å²) in [5.41, 5.74) is -1.58. The number of hydrogen-bond acceptors (Lipinski definition) is 8. The van der Waals surface area contributed by atoms with Gasteiger partial charge in [0.15, 0.2) is 17.1 Å². The highest BCUT2D eigenvalue weighted by Crippen LogP contribution is 2.52. The number of rotatable bonds is 10. The molecule has 0 unspecified atom stereocenters. The van der Waals surface area contributed by atoms with Crippen molar-refractivity contribution in [2.24, 2.45) is 7.05 Å². The van der Waals surface area contributed by atoms with Crippen LogP contribution in [0.1, 0.15) is 52.3 Å². The molecule has 2 atom stereocenters. The third-order valence-electron chi connectivity index (χ3n) is 9.94. The number of pyridine rings is 1. The molecule has 60 heavy (non-hydrogen) atoms. The number of alkyl halides is 5. The van der Waals surface area contributed by atoms with E-state index in [0.717, 1.165) is 24.5 Å². The molecule has 2 aromatic carbocycles. The highest BCUT2D eigenvalue weighted by atomic mass is 32.2. The Labute approximate surface area is 338 Å². The van der Waals surface area contributed by atoms with Crippen LogP contribution in [-0.2, 0) is 46.9 Å². The first-order valence-electron chi connectivity index (χ1n) is 18.1. The normalized spacial score (nSPS) is 17.6. The van der Waals surface area contributed by atoms with Crippen LogP contribution in [0.25, 0.3) is 22.0 Å². The fourth-order valence-corrected chi connectivity index (χ4v) is 8.30. The number of anilines is 1. The van der Waals surface area contributed by atoms with Gasteiger partial charge in [0, 0.05) is 60.6 Å². The minimum absolute atomic E-state index is 0.00263. The van der Waals surface area contributed by atoms with Crippen LogP contribution in [0.5, 0.6) is 0 Å². The molecule has 1 aliphatic carbocycles. The van der Waals surface area contributed by atoms with Crippen molar-refractivity contribution >= 4 is 32.7 Å². The number of aliphatic hydroxyl groups is 1. The van der Waals surface area contributed by atoms with Gasteiger partial charge >= 0.3 is 6.18 Å². The van der Waals surface area contributed by atoms with Crippen LogP contribution in [0.4, 0.5) is 36.6 Å². The molecule has 1 amide bonds. The number of allylic oxidation sites excluding steroid dienone is 1. The van der Waals surface area contributed by atoms with Crippen molar-refractivity contribution in [1.82, 2.24) is 34.8 Å². The van der Waals surface area contributed by atoms with Crippen molar-refractivity contribution in [1.29, 1.82) is 0 Å². The molecule has 3 N–H and O–H groups in total. The Balaban J connectivity index is 1.38. The molecular formula is C40H35F7N8O4S. The number of carbonyl (C=O) groups excluding carboxylic acids is 1. The second-order valence-electron chi connectivity index (χ2n) is 14.9. The lowest BCUT2D eigenvalue weighted by Crippen LogP contribution is -2.59. The van der Waals surface area contributed by atoms with Gasteiger partial charge in [-0.25, -0.2) is 22.2 Å². The molecule has 5 aromatic rings. The Hall–Kier alpha value is -6.00. The zero-order valence-electron chi connectivity index (χ0n) is 32.0. The lowest BCUT2D eigenvalue weighted by molar-refractivity contribution is -0.142. The van der Waals surface area contributed by atoms with Gasteiger partial charge in [-0.1, -0.05) is 24.6 Å². The molecule has 2 aliphatic rings.